The number of anilines is 1. The molecule has 94 valence electrons. The normalized spacial score (nSPS) is 32.1. The quantitative estimate of drug-likeness (QED) is 0.867. The van der Waals surface area contributed by atoms with Crippen molar-refractivity contribution in [1.82, 2.24) is 14.7 Å². The van der Waals surface area contributed by atoms with Gasteiger partial charge in [-0.15, -0.1) is 0 Å². The molecule has 1 aromatic heterocycles. The molecule has 3 rings (SSSR count). The highest BCUT2D eigenvalue weighted by molar-refractivity contribution is 7.09. The van der Waals surface area contributed by atoms with E-state index in [0.717, 1.165) is 23.0 Å². The molecule has 0 saturated carbocycles. The second kappa shape index (κ2) is 4.53. The molecule has 1 aromatic rings. The summed E-state index contributed by atoms with van der Waals surface area (Å²) in [6, 6.07) is 2.04. The number of nitrogens with zero attached hydrogens (tertiary/aromatic N) is 2. The molecule has 2 aliphatic rings. The van der Waals surface area contributed by atoms with Crippen LogP contribution in [0.15, 0.2) is 0 Å². The molecular weight excluding hydrogens is 232 g/mol. The summed E-state index contributed by atoms with van der Waals surface area (Å²) in [7, 11) is 0. The number of hydrogen-bond acceptors (Lipinski definition) is 5. The minimum absolute atomic E-state index is 0.422. The smallest absolute Gasteiger partial charge is 0.202 e. The number of aromatic nitrogens is 2. The van der Waals surface area contributed by atoms with Crippen molar-refractivity contribution in [3.63, 3.8) is 0 Å². The summed E-state index contributed by atoms with van der Waals surface area (Å²) in [5.74, 6) is 1.39. The van der Waals surface area contributed by atoms with Gasteiger partial charge < -0.3 is 10.6 Å². The Balaban J connectivity index is 1.62. The molecule has 2 fully saturated rings. The molecule has 2 atom stereocenters. The van der Waals surface area contributed by atoms with Crippen molar-refractivity contribution in [1.29, 1.82) is 0 Å². The third-order valence-corrected chi connectivity index (χ3v) is 4.42. The van der Waals surface area contributed by atoms with Gasteiger partial charge in [0.2, 0.25) is 5.13 Å². The van der Waals surface area contributed by atoms with E-state index in [4.69, 9.17) is 0 Å². The molecule has 2 saturated heterocycles. The van der Waals surface area contributed by atoms with Crippen molar-refractivity contribution in [3.8, 4) is 0 Å². The van der Waals surface area contributed by atoms with Crippen molar-refractivity contribution in [2.45, 2.75) is 63.6 Å². The molecule has 4 nitrogen and oxygen atoms in total. The first-order chi connectivity index (χ1) is 8.20. The van der Waals surface area contributed by atoms with E-state index in [-0.39, 0.29) is 0 Å². The van der Waals surface area contributed by atoms with Crippen LogP contribution in [0.2, 0.25) is 0 Å². The Hall–Kier alpha value is -0.680. The standard InChI is InChI=1S/C12H20N4S/c1-7(2)11-15-12(17-16-11)14-10-5-8-3-4-9(6-10)13-8/h7-10,13H,3-6H2,1-2H3,(H,14,15,16). The highest BCUT2D eigenvalue weighted by atomic mass is 32.1. The predicted molar refractivity (Wildman–Crippen MR) is 70.6 cm³/mol. The van der Waals surface area contributed by atoms with E-state index in [2.05, 4.69) is 33.8 Å². The van der Waals surface area contributed by atoms with E-state index in [9.17, 15) is 0 Å². The largest absolute Gasteiger partial charge is 0.357 e. The Morgan fingerprint density at radius 1 is 1.29 bits per heavy atom. The third kappa shape index (κ3) is 2.45. The molecule has 0 spiro atoms. The number of fused-ring (bicyclic) bond motifs is 2. The minimum atomic E-state index is 0.422. The lowest BCUT2D eigenvalue weighted by Gasteiger charge is -2.29. The molecule has 2 aliphatic heterocycles. The van der Waals surface area contributed by atoms with Crippen molar-refractivity contribution in [2.75, 3.05) is 5.32 Å². The van der Waals surface area contributed by atoms with Gasteiger partial charge in [-0.25, -0.2) is 4.98 Å². The summed E-state index contributed by atoms with van der Waals surface area (Å²) in [5, 5.41) is 8.22. The average molecular weight is 252 g/mol. The number of nitrogens with one attached hydrogen (secondary N) is 2. The van der Waals surface area contributed by atoms with Crippen molar-refractivity contribution < 1.29 is 0 Å². The fraction of sp³-hybridized carbons (Fsp3) is 0.833. The van der Waals surface area contributed by atoms with Crippen LogP contribution in [-0.4, -0.2) is 27.5 Å². The summed E-state index contributed by atoms with van der Waals surface area (Å²) < 4.78 is 4.39. The molecular formula is C12H20N4S. The number of hydrogen-bond donors (Lipinski definition) is 2. The fourth-order valence-corrected chi connectivity index (χ4v) is 3.66. The van der Waals surface area contributed by atoms with Crippen LogP contribution in [0.5, 0.6) is 0 Å². The molecule has 17 heavy (non-hydrogen) atoms. The minimum Gasteiger partial charge on any atom is -0.357 e. The summed E-state index contributed by atoms with van der Waals surface area (Å²) in [6.07, 6.45) is 5.15. The lowest BCUT2D eigenvalue weighted by molar-refractivity contribution is 0.378. The molecule has 2 unspecified atom stereocenters. The molecule has 0 radical (unpaired) electrons. The molecule has 2 bridgehead atoms. The maximum absolute atomic E-state index is 4.55. The Morgan fingerprint density at radius 3 is 2.59 bits per heavy atom. The molecule has 0 aliphatic carbocycles. The van der Waals surface area contributed by atoms with Crippen LogP contribution < -0.4 is 10.6 Å². The van der Waals surface area contributed by atoms with Gasteiger partial charge in [-0.3, -0.25) is 0 Å². The molecule has 5 heteroatoms. The van der Waals surface area contributed by atoms with E-state index >= 15 is 0 Å². The zero-order chi connectivity index (χ0) is 11.8. The fourth-order valence-electron chi connectivity index (χ4n) is 2.88. The molecule has 0 amide bonds. The first-order valence-corrected chi connectivity index (χ1v) is 7.34. The maximum Gasteiger partial charge on any atom is 0.202 e. The van der Waals surface area contributed by atoms with E-state index in [1.807, 2.05) is 0 Å². The maximum atomic E-state index is 4.55. The molecule has 2 N–H and O–H groups in total. The second-order valence-corrected chi connectivity index (χ2v) is 6.31. The van der Waals surface area contributed by atoms with Gasteiger partial charge in [-0.05, 0) is 25.7 Å². The van der Waals surface area contributed by atoms with Gasteiger partial charge >= 0.3 is 0 Å². The van der Waals surface area contributed by atoms with Gasteiger partial charge in [0.15, 0.2) is 0 Å². The molecule has 0 aromatic carbocycles. The van der Waals surface area contributed by atoms with Gasteiger partial charge in [0.1, 0.15) is 5.82 Å². The van der Waals surface area contributed by atoms with E-state index in [1.54, 1.807) is 0 Å². The van der Waals surface area contributed by atoms with Gasteiger partial charge in [0, 0.05) is 35.6 Å². The van der Waals surface area contributed by atoms with Crippen molar-refractivity contribution in [2.24, 2.45) is 0 Å². The lowest BCUT2D eigenvalue weighted by atomic mass is 10.0. The van der Waals surface area contributed by atoms with E-state index < -0.39 is 0 Å². The zero-order valence-corrected chi connectivity index (χ0v) is 11.3. The number of piperidine rings is 1. The predicted octanol–water partition coefficient (Wildman–Crippen LogP) is 2.36. The van der Waals surface area contributed by atoms with Crippen molar-refractivity contribution in [3.05, 3.63) is 5.82 Å². The summed E-state index contributed by atoms with van der Waals surface area (Å²) >= 11 is 1.50. The van der Waals surface area contributed by atoms with E-state index in [0.29, 0.717) is 12.0 Å². The van der Waals surface area contributed by atoms with Crippen LogP contribution >= 0.6 is 11.5 Å². The van der Waals surface area contributed by atoms with Crippen LogP contribution in [0.3, 0.4) is 0 Å². The summed E-state index contributed by atoms with van der Waals surface area (Å²) in [4.78, 5) is 4.55. The van der Waals surface area contributed by atoms with E-state index in [1.165, 1.54) is 37.2 Å². The SMILES string of the molecule is CC(C)c1nsc(NC2CC3CCC(C2)N3)n1. The van der Waals surface area contributed by atoms with Crippen LogP contribution in [-0.2, 0) is 0 Å². The average Bonchev–Trinajstić information content (AvgIpc) is 2.86. The third-order valence-electron chi connectivity index (χ3n) is 3.76. The topological polar surface area (TPSA) is 49.8 Å². The highest BCUT2D eigenvalue weighted by Crippen LogP contribution is 2.29. The lowest BCUT2D eigenvalue weighted by Crippen LogP contribution is -2.43. The summed E-state index contributed by atoms with van der Waals surface area (Å²) in [5.41, 5.74) is 0. The second-order valence-electron chi connectivity index (χ2n) is 5.56. The van der Waals surface area contributed by atoms with Gasteiger partial charge in [0.25, 0.3) is 0 Å². The summed E-state index contributed by atoms with van der Waals surface area (Å²) in [6.45, 7) is 4.27. The Kier molecular flexibility index (Phi) is 3.04. The first kappa shape index (κ1) is 11.4. The van der Waals surface area contributed by atoms with Gasteiger partial charge in [-0.1, -0.05) is 13.8 Å². The Bertz CT molecular complexity index is 378. The van der Waals surface area contributed by atoms with Crippen LogP contribution in [0, 0.1) is 0 Å². The Morgan fingerprint density at radius 2 is 2.00 bits per heavy atom. The van der Waals surface area contributed by atoms with Crippen LogP contribution in [0.4, 0.5) is 5.13 Å². The first-order valence-electron chi connectivity index (χ1n) is 6.57. The van der Waals surface area contributed by atoms with Gasteiger partial charge in [-0.2, -0.15) is 4.37 Å². The van der Waals surface area contributed by atoms with Crippen LogP contribution in [0.1, 0.15) is 51.3 Å². The zero-order valence-electron chi connectivity index (χ0n) is 10.4. The van der Waals surface area contributed by atoms with Crippen molar-refractivity contribution >= 4 is 16.7 Å². The number of rotatable bonds is 3. The van der Waals surface area contributed by atoms with Crippen LogP contribution in [0.25, 0.3) is 0 Å². The highest BCUT2D eigenvalue weighted by Gasteiger charge is 2.33. The van der Waals surface area contributed by atoms with Gasteiger partial charge in [0.05, 0.1) is 0 Å². The molecule has 3 heterocycles. The monoisotopic (exact) mass is 252 g/mol. The Labute approximate surface area is 106 Å².